The third-order valence-corrected chi connectivity index (χ3v) is 4.62. The fraction of sp³-hybridized carbons (Fsp3) is 1.00. The predicted octanol–water partition coefficient (Wildman–Crippen LogP) is 1.93. The molecule has 0 aromatic carbocycles. The van der Waals surface area contributed by atoms with Crippen LogP contribution in [0.3, 0.4) is 0 Å². The van der Waals surface area contributed by atoms with E-state index < -0.39 is 0 Å². The monoisotopic (exact) mass is 253 g/mol. The second-order valence-corrected chi connectivity index (χ2v) is 5.92. The summed E-state index contributed by atoms with van der Waals surface area (Å²) in [5.74, 6) is 0. The van der Waals surface area contributed by atoms with Crippen LogP contribution < -0.4 is 5.32 Å². The van der Waals surface area contributed by atoms with Crippen LogP contribution in [0.5, 0.6) is 0 Å². The summed E-state index contributed by atoms with van der Waals surface area (Å²) < 4.78 is 0. The smallest absolute Gasteiger partial charge is 0.0377 e. The molecule has 2 bridgehead atoms. The zero-order valence-electron chi connectivity index (χ0n) is 12.3. The molecule has 0 aliphatic carbocycles. The van der Waals surface area contributed by atoms with Crippen molar-refractivity contribution >= 4 is 0 Å². The van der Waals surface area contributed by atoms with E-state index in [4.69, 9.17) is 0 Å². The molecule has 2 unspecified atom stereocenters. The van der Waals surface area contributed by atoms with Crippen LogP contribution in [0.2, 0.25) is 0 Å². The van der Waals surface area contributed by atoms with Gasteiger partial charge in [-0.2, -0.15) is 0 Å². The molecule has 3 nitrogen and oxygen atoms in total. The zero-order valence-corrected chi connectivity index (χ0v) is 12.3. The number of unbranched alkanes of at least 4 members (excludes halogenated alkanes) is 3. The van der Waals surface area contributed by atoms with Crippen LogP contribution in [0.4, 0.5) is 0 Å². The maximum Gasteiger partial charge on any atom is 0.0377 e. The summed E-state index contributed by atoms with van der Waals surface area (Å²) in [4.78, 5) is 5.38. The van der Waals surface area contributed by atoms with Crippen LogP contribution >= 0.6 is 0 Å². The van der Waals surface area contributed by atoms with Gasteiger partial charge in [0.2, 0.25) is 0 Å². The molecule has 2 atom stereocenters. The Hall–Kier alpha value is -0.120. The number of hydrogen-bond acceptors (Lipinski definition) is 3. The van der Waals surface area contributed by atoms with Gasteiger partial charge in [-0.05, 0) is 13.0 Å². The lowest BCUT2D eigenvalue weighted by molar-refractivity contribution is -0.00457. The molecule has 0 aromatic heterocycles. The summed E-state index contributed by atoms with van der Waals surface area (Å²) in [5.41, 5.74) is 0. The fourth-order valence-electron chi connectivity index (χ4n) is 3.52. The number of nitrogens with one attached hydrogen (secondary N) is 1. The van der Waals surface area contributed by atoms with Gasteiger partial charge in [-0.3, -0.25) is 9.80 Å². The van der Waals surface area contributed by atoms with Gasteiger partial charge in [0.1, 0.15) is 0 Å². The second kappa shape index (κ2) is 7.46. The Morgan fingerprint density at radius 2 is 1.83 bits per heavy atom. The van der Waals surface area contributed by atoms with Crippen molar-refractivity contribution in [3.05, 3.63) is 0 Å². The number of rotatable bonds is 8. The van der Waals surface area contributed by atoms with Crippen LogP contribution in [0, 0.1) is 0 Å². The van der Waals surface area contributed by atoms with Crippen LogP contribution in [0.25, 0.3) is 0 Å². The van der Waals surface area contributed by atoms with E-state index in [-0.39, 0.29) is 0 Å². The number of hydrogen-bond donors (Lipinski definition) is 1. The second-order valence-electron chi connectivity index (χ2n) is 5.92. The SMILES string of the molecule is CCCCCCC(NCC)C1CN2CCN1CC2. The standard InChI is InChI=1S/C15H31N3/c1-3-5-6-7-8-14(16-4-2)15-13-17-9-11-18(15)12-10-17/h14-16H,3-13H2,1-2H3. The Labute approximate surface area is 113 Å². The molecule has 0 aromatic rings. The highest BCUT2D eigenvalue weighted by Crippen LogP contribution is 2.21. The van der Waals surface area contributed by atoms with Crippen molar-refractivity contribution in [1.29, 1.82) is 0 Å². The van der Waals surface area contributed by atoms with E-state index in [1.165, 1.54) is 64.8 Å². The topological polar surface area (TPSA) is 18.5 Å². The fourth-order valence-corrected chi connectivity index (χ4v) is 3.52. The molecular weight excluding hydrogens is 222 g/mol. The highest BCUT2D eigenvalue weighted by Gasteiger charge is 2.35. The van der Waals surface area contributed by atoms with Crippen molar-refractivity contribution in [1.82, 2.24) is 15.1 Å². The van der Waals surface area contributed by atoms with Gasteiger partial charge < -0.3 is 5.32 Å². The molecule has 3 aliphatic rings. The lowest BCUT2D eigenvalue weighted by Crippen LogP contribution is -2.66. The van der Waals surface area contributed by atoms with Gasteiger partial charge in [-0.25, -0.2) is 0 Å². The molecule has 1 N–H and O–H groups in total. The minimum atomic E-state index is 0.718. The molecule has 0 spiro atoms. The summed E-state index contributed by atoms with van der Waals surface area (Å²) in [6.07, 6.45) is 6.92. The van der Waals surface area contributed by atoms with E-state index in [2.05, 4.69) is 29.0 Å². The van der Waals surface area contributed by atoms with Crippen LogP contribution in [-0.2, 0) is 0 Å². The molecule has 106 valence electrons. The minimum Gasteiger partial charge on any atom is -0.313 e. The van der Waals surface area contributed by atoms with Crippen molar-refractivity contribution in [3.8, 4) is 0 Å². The Morgan fingerprint density at radius 3 is 2.39 bits per heavy atom. The molecule has 0 amide bonds. The Balaban J connectivity index is 1.80. The quantitative estimate of drug-likeness (QED) is 0.667. The number of likely N-dealkylation sites (N-methyl/N-ethyl adjacent to an activating group) is 1. The molecule has 18 heavy (non-hydrogen) atoms. The van der Waals surface area contributed by atoms with Gasteiger partial charge in [0, 0.05) is 44.8 Å². The first-order valence-electron chi connectivity index (χ1n) is 8.05. The molecule has 3 aliphatic heterocycles. The predicted molar refractivity (Wildman–Crippen MR) is 78.0 cm³/mol. The number of piperazine rings is 3. The van der Waals surface area contributed by atoms with E-state index in [9.17, 15) is 0 Å². The highest BCUT2D eigenvalue weighted by molar-refractivity contribution is 4.94. The Morgan fingerprint density at radius 1 is 1.06 bits per heavy atom. The van der Waals surface area contributed by atoms with Gasteiger partial charge in [0.05, 0.1) is 0 Å². The Bertz CT molecular complexity index is 224. The van der Waals surface area contributed by atoms with Crippen molar-refractivity contribution in [3.63, 3.8) is 0 Å². The first-order valence-corrected chi connectivity index (χ1v) is 8.05. The van der Waals surface area contributed by atoms with Crippen LogP contribution in [0.15, 0.2) is 0 Å². The van der Waals surface area contributed by atoms with Crippen molar-refractivity contribution in [2.75, 3.05) is 39.3 Å². The zero-order chi connectivity index (χ0) is 12.8. The van der Waals surface area contributed by atoms with E-state index in [0.717, 1.165) is 18.6 Å². The van der Waals surface area contributed by atoms with Crippen molar-refractivity contribution in [2.24, 2.45) is 0 Å². The molecule has 3 heteroatoms. The third kappa shape index (κ3) is 3.69. The molecular formula is C15H31N3. The Kier molecular flexibility index (Phi) is 5.93. The minimum absolute atomic E-state index is 0.718. The van der Waals surface area contributed by atoms with Crippen molar-refractivity contribution < 1.29 is 0 Å². The van der Waals surface area contributed by atoms with Gasteiger partial charge in [0.25, 0.3) is 0 Å². The molecule has 0 radical (unpaired) electrons. The van der Waals surface area contributed by atoms with E-state index in [1.807, 2.05) is 0 Å². The summed E-state index contributed by atoms with van der Waals surface area (Å²) in [5, 5.41) is 3.75. The highest BCUT2D eigenvalue weighted by atomic mass is 15.4. The van der Waals surface area contributed by atoms with Gasteiger partial charge >= 0.3 is 0 Å². The largest absolute Gasteiger partial charge is 0.313 e. The summed E-state index contributed by atoms with van der Waals surface area (Å²) >= 11 is 0. The summed E-state index contributed by atoms with van der Waals surface area (Å²) in [6, 6.07) is 1.49. The van der Waals surface area contributed by atoms with Gasteiger partial charge in [-0.15, -0.1) is 0 Å². The summed E-state index contributed by atoms with van der Waals surface area (Å²) in [7, 11) is 0. The van der Waals surface area contributed by atoms with Gasteiger partial charge in [0.15, 0.2) is 0 Å². The number of fused-ring (bicyclic) bond motifs is 3. The average molecular weight is 253 g/mol. The van der Waals surface area contributed by atoms with E-state index >= 15 is 0 Å². The first-order chi connectivity index (χ1) is 8.85. The molecule has 3 fully saturated rings. The van der Waals surface area contributed by atoms with E-state index in [0.29, 0.717) is 0 Å². The van der Waals surface area contributed by atoms with E-state index in [1.54, 1.807) is 0 Å². The molecule has 3 saturated heterocycles. The molecule has 3 rings (SSSR count). The average Bonchev–Trinajstić information content (AvgIpc) is 2.43. The maximum absolute atomic E-state index is 3.75. The van der Waals surface area contributed by atoms with Crippen LogP contribution in [0.1, 0.15) is 46.0 Å². The first kappa shape index (κ1) is 14.3. The van der Waals surface area contributed by atoms with Crippen molar-refractivity contribution in [2.45, 2.75) is 58.0 Å². The lowest BCUT2D eigenvalue weighted by Gasteiger charge is -2.50. The van der Waals surface area contributed by atoms with Crippen LogP contribution in [-0.4, -0.2) is 61.2 Å². The third-order valence-electron chi connectivity index (χ3n) is 4.62. The van der Waals surface area contributed by atoms with Gasteiger partial charge in [-0.1, -0.05) is 39.5 Å². The maximum atomic E-state index is 3.75. The molecule has 3 heterocycles. The number of nitrogens with zero attached hydrogens (tertiary/aromatic N) is 2. The molecule has 0 saturated carbocycles. The summed E-state index contributed by atoms with van der Waals surface area (Å²) in [6.45, 7) is 12.1. The normalized spacial score (nSPS) is 32.7. The lowest BCUT2D eigenvalue weighted by atomic mass is 9.95.